The van der Waals surface area contributed by atoms with Crippen LogP contribution in [0.1, 0.15) is 79.1 Å². The minimum Gasteiger partial charge on any atom is -0.370 e. The third-order valence-electron chi connectivity index (χ3n) is 5.96. The van der Waals surface area contributed by atoms with Crippen LogP contribution in [0.2, 0.25) is 0 Å². The van der Waals surface area contributed by atoms with Gasteiger partial charge in [-0.3, -0.25) is 0 Å². The number of likely N-dealkylation sites (N-methyl/N-ethyl adjacent to an activating group) is 1. The van der Waals surface area contributed by atoms with E-state index in [0.717, 1.165) is 30.8 Å². The summed E-state index contributed by atoms with van der Waals surface area (Å²) in [5.74, 6) is 2.65. The summed E-state index contributed by atoms with van der Waals surface area (Å²) in [6.45, 7) is 11.5. The van der Waals surface area contributed by atoms with Gasteiger partial charge in [0.15, 0.2) is 0 Å². The predicted molar refractivity (Wildman–Crippen MR) is 90.6 cm³/mol. The Labute approximate surface area is 132 Å². The fraction of sp³-hybridized carbons (Fsp3) is 1.00. The van der Waals surface area contributed by atoms with Crippen LogP contribution in [-0.2, 0) is 4.74 Å². The molecule has 0 aromatic carbocycles. The van der Waals surface area contributed by atoms with Crippen LogP contribution in [0.25, 0.3) is 0 Å². The lowest BCUT2D eigenvalue weighted by Crippen LogP contribution is -2.49. The number of nitrogens with one attached hydrogen (secondary N) is 1. The van der Waals surface area contributed by atoms with Crippen molar-refractivity contribution in [2.24, 2.45) is 17.8 Å². The van der Waals surface area contributed by atoms with Gasteiger partial charge in [0.25, 0.3) is 0 Å². The number of hydrogen-bond donors (Lipinski definition) is 1. The zero-order chi connectivity index (χ0) is 15.3. The van der Waals surface area contributed by atoms with E-state index in [1.165, 1.54) is 51.4 Å². The quantitative estimate of drug-likeness (QED) is 0.761. The highest BCUT2D eigenvalue weighted by Gasteiger charge is 2.39. The van der Waals surface area contributed by atoms with E-state index in [9.17, 15) is 0 Å². The fourth-order valence-corrected chi connectivity index (χ4v) is 4.22. The van der Waals surface area contributed by atoms with Crippen LogP contribution < -0.4 is 5.32 Å². The second-order valence-corrected chi connectivity index (χ2v) is 8.04. The Bertz CT molecular complexity index is 286. The largest absolute Gasteiger partial charge is 0.370 e. The van der Waals surface area contributed by atoms with Crippen molar-refractivity contribution in [2.75, 3.05) is 13.1 Å². The fourth-order valence-electron chi connectivity index (χ4n) is 4.22. The number of ether oxygens (including phenoxy) is 1. The van der Waals surface area contributed by atoms with Crippen molar-refractivity contribution >= 4 is 0 Å². The molecule has 0 amide bonds. The summed E-state index contributed by atoms with van der Waals surface area (Å²) < 4.78 is 6.74. The minimum absolute atomic E-state index is 0.132. The molecule has 1 N–H and O–H groups in total. The van der Waals surface area contributed by atoms with Gasteiger partial charge in [0, 0.05) is 6.54 Å². The normalized spacial score (nSPS) is 37.9. The van der Waals surface area contributed by atoms with Gasteiger partial charge in [-0.25, -0.2) is 0 Å². The summed E-state index contributed by atoms with van der Waals surface area (Å²) in [4.78, 5) is 0. The first-order valence-corrected chi connectivity index (χ1v) is 9.43. The summed E-state index contributed by atoms with van der Waals surface area (Å²) in [6.07, 6.45) is 11.0. The van der Waals surface area contributed by atoms with Crippen molar-refractivity contribution in [3.63, 3.8) is 0 Å². The van der Waals surface area contributed by atoms with E-state index in [1.807, 2.05) is 0 Å². The molecule has 2 aliphatic rings. The van der Waals surface area contributed by atoms with Gasteiger partial charge in [0.1, 0.15) is 0 Å². The van der Waals surface area contributed by atoms with Crippen LogP contribution >= 0.6 is 0 Å². The first-order chi connectivity index (χ1) is 10.0. The van der Waals surface area contributed by atoms with Crippen molar-refractivity contribution in [1.29, 1.82) is 0 Å². The van der Waals surface area contributed by atoms with Crippen molar-refractivity contribution in [3.05, 3.63) is 0 Å². The molecule has 21 heavy (non-hydrogen) atoms. The first kappa shape index (κ1) is 17.3. The Balaban J connectivity index is 1.91. The molecule has 0 aliphatic heterocycles. The molecule has 0 spiro atoms. The van der Waals surface area contributed by atoms with E-state index >= 15 is 0 Å². The van der Waals surface area contributed by atoms with Crippen molar-refractivity contribution in [2.45, 2.75) is 90.8 Å². The highest BCUT2D eigenvalue weighted by atomic mass is 16.5. The summed E-state index contributed by atoms with van der Waals surface area (Å²) >= 11 is 0. The molecular weight excluding hydrogens is 258 g/mol. The lowest BCUT2D eigenvalue weighted by Gasteiger charge is -2.44. The predicted octanol–water partition coefficient (Wildman–Crippen LogP) is 4.78. The van der Waals surface area contributed by atoms with Gasteiger partial charge in [-0.15, -0.1) is 0 Å². The summed E-state index contributed by atoms with van der Waals surface area (Å²) in [5.41, 5.74) is 0.132. The first-order valence-electron chi connectivity index (χ1n) is 9.43. The second kappa shape index (κ2) is 7.97. The molecule has 2 nitrogen and oxygen atoms in total. The van der Waals surface area contributed by atoms with Crippen LogP contribution in [0, 0.1) is 17.8 Å². The van der Waals surface area contributed by atoms with E-state index in [-0.39, 0.29) is 5.60 Å². The average Bonchev–Trinajstić information content (AvgIpc) is 2.48. The molecule has 2 fully saturated rings. The number of hydrogen-bond acceptors (Lipinski definition) is 2. The smallest absolute Gasteiger partial charge is 0.0810 e. The van der Waals surface area contributed by atoms with E-state index in [0.29, 0.717) is 6.10 Å². The average molecular weight is 296 g/mol. The van der Waals surface area contributed by atoms with E-state index in [1.54, 1.807) is 0 Å². The topological polar surface area (TPSA) is 21.3 Å². The van der Waals surface area contributed by atoms with Gasteiger partial charge in [0.2, 0.25) is 0 Å². The van der Waals surface area contributed by atoms with E-state index in [4.69, 9.17) is 4.74 Å². The number of rotatable bonds is 6. The molecule has 0 saturated heterocycles. The van der Waals surface area contributed by atoms with Crippen LogP contribution in [0.15, 0.2) is 0 Å². The maximum atomic E-state index is 6.74. The molecule has 2 rings (SSSR count). The van der Waals surface area contributed by atoms with Crippen molar-refractivity contribution < 1.29 is 4.74 Å². The van der Waals surface area contributed by atoms with Gasteiger partial charge < -0.3 is 10.1 Å². The molecule has 124 valence electrons. The maximum Gasteiger partial charge on any atom is 0.0810 e. The molecule has 0 atom stereocenters. The molecule has 0 unspecified atom stereocenters. The van der Waals surface area contributed by atoms with Crippen LogP contribution in [-0.4, -0.2) is 24.8 Å². The SMILES string of the molecule is CCNCC1(OC2CCC(C)CC2)CCC(C(C)C)CC1. The Morgan fingerprint density at radius 2 is 1.67 bits per heavy atom. The minimum atomic E-state index is 0.132. The lowest BCUT2D eigenvalue weighted by atomic mass is 9.74. The summed E-state index contributed by atoms with van der Waals surface area (Å²) in [5, 5.41) is 3.58. The highest BCUT2D eigenvalue weighted by Crippen LogP contribution is 2.40. The molecule has 0 heterocycles. The van der Waals surface area contributed by atoms with Gasteiger partial charge in [-0.2, -0.15) is 0 Å². The molecular formula is C19H37NO. The van der Waals surface area contributed by atoms with Gasteiger partial charge >= 0.3 is 0 Å². The zero-order valence-electron chi connectivity index (χ0n) is 14.8. The standard InChI is InChI=1S/C19H37NO/c1-5-20-14-19(12-10-17(11-13-19)15(2)3)21-18-8-6-16(4)7-9-18/h15-18,20H,5-14H2,1-4H3. The molecule has 0 bridgehead atoms. The Kier molecular flexibility index (Phi) is 6.55. The Morgan fingerprint density at radius 1 is 1.05 bits per heavy atom. The van der Waals surface area contributed by atoms with E-state index < -0.39 is 0 Å². The Morgan fingerprint density at radius 3 is 2.19 bits per heavy atom. The third kappa shape index (κ3) is 4.96. The molecule has 0 radical (unpaired) electrons. The molecule has 2 saturated carbocycles. The van der Waals surface area contributed by atoms with Gasteiger partial charge in [-0.05, 0) is 75.7 Å². The van der Waals surface area contributed by atoms with Gasteiger partial charge in [0.05, 0.1) is 11.7 Å². The van der Waals surface area contributed by atoms with Crippen LogP contribution in [0.5, 0.6) is 0 Å². The van der Waals surface area contributed by atoms with Crippen molar-refractivity contribution in [3.8, 4) is 0 Å². The summed E-state index contributed by atoms with van der Waals surface area (Å²) in [7, 11) is 0. The van der Waals surface area contributed by atoms with Crippen LogP contribution in [0.3, 0.4) is 0 Å². The zero-order valence-corrected chi connectivity index (χ0v) is 14.8. The Hall–Kier alpha value is -0.0800. The molecule has 2 heteroatoms. The monoisotopic (exact) mass is 295 g/mol. The van der Waals surface area contributed by atoms with Crippen LogP contribution in [0.4, 0.5) is 0 Å². The van der Waals surface area contributed by atoms with Gasteiger partial charge in [-0.1, -0.05) is 27.7 Å². The van der Waals surface area contributed by atoms with Crippen molar-refractivity contribution in [1.82, 2.24) is 5.32 Å². The molecule has 0 aromatic heterocycles. The van der Waals surface area contributed by atoms with E-state index in [2.05, 4.69) is 33.0 Å². The molecule has 2 aliphatic carbocycles. The molecule has 0 aromatic rings. The second-order valence-electron chi connectivity index (χ2n) is 8.04. The third-order valence-corrected chi connectivity index (χ3v) is 5.96. The maximum absolute atomic E-state index is 6.74. The highest BCUT2D eigenvalue weighted by molar-refractivity contribution is 4.91. The lowest BCUT2D eigenvalue weighted by molar-refractivity contribution is -0.131. The summed E-state index contributed by atoms with van der Waals surface area (Å²) in [6, 6.07) is 0.